The molecule has 0 saturated carbocycles. The zero-order valence-electron chi connectivity index (χ0n) is 18.4. The van der Waals surface area contributed by atoms with Gasteiger partial charge in [0.15, 0.2) is 0 Å². The van der Waals surface area contributed by atoms with Crippen LogP contribution in [0.2, 0.25) is 0 Å². The third-order valence-corrected chi connectivity index (χ3v) is 4.92. The number of furan rings is 1. The lowest BCUT2D eigenvalue weighted by Crippen LogP contribution is -2.45. The summed E-state index contributed by atoms with van der Waals surface area (Å²) in [5.74, 6) is 0.424. The number of nitrogens with zero attached hydrogens (tertiary/aromatic N) is 3. The minimum Gasteiger partial charge on any atom is -0.467 e. The van der Waals surface area contributed by atoms with Gasteiger partial charge in [-0.3, -0.25) is 4.79 Å². The first-order chi connectivity index (χ1) is 16.1. The third-order valence-electron chi connectivity index (χ3n) is 4.92. The van der Waals surface area contributed by atoms with Gasteiger partial charge in [0.1, 0.15) is 12.3 Å². The van der Waals surface area contributed by atoms with Crippen LogP contribution in [0.3, 0.4) is 0 Å². The Balaban J connectivity index is 1.74. The molecule has 0 spiro atoms. The summed E-state index contributed by atoms with van der Waals surface area (Å²) in [4.78, 5) is 29.3. The molecule has 0 unspecified atom stereocenters. The van der Waals surface area contributed by atoms with Gasteiger partial charge < -0.3 is 24.3 Å². The van der Waals surface area contributed by atoms with E-state index in [1.165, 1.54) is 12.0 Å². The number of carbonyl (C=O) groups excluding carboxylic acids is 2. The van der Waals surface area contributed by atoms with Gasteiger partial charge in [0, 0.05) is 25.9 Å². The molecule has 3 amide bonds. The number of nitriles is 1. The van der Waals surface area contributed by atoms with Crippen molar-refractivity contribution in [1.82, 2.24) is 9.80 Å². The van der Waals surface area contributed by atoms with Crippen LogP contribution in [0, 0.1) is 11.3 Å². The minimum atomic E-state index is -0.451. The van der Waals surface area contributed by atoms with Crippen LogP contribution in [-0.4, -0.2) is 48.5 Å². The number of benzene rings is 2. The highest BCUT2D eigenvalue weighted by Crippen LogP contribution is 2.14. The Morgan fingerprint density at radius 3 is 2.55 bits per heavy atom. The molecule has 1 N–H and O–H groups in total. The van der Waals surface area contributed by atoms with Gasteiger partial charge in [-0.15, -0.1) is 0 Å². The Hall–Kier alpha value is -4.09. The van der Waals surface area contributed by atoms with Crippen molar-refractivity contribution in [2.75, 3.05) is 32.1 Å². The molecule has 3 rings (SSSR count). The molecule has 0 atom stereocenters. The second-order valence-corrected chi connectivity index (χ2v) is 7.35. The Morgan fingerprint density at radius 2 is 1.85 bits per heavy atom. The lowest BCUT2D eigenvalue weighted by atomic mass is 10.2. The number of carbonyl (C=O) groups is 2. The van der Waals surface area contributed by atoms with E-state index in [-0.39, 0.29) is 32.1 Å². The molecule has 8 heteroatoms. The molecule has 33 heavy (non-hydrogen) atoms. The summed E-state index contributed by atoms with van der Waals surface area (Å²) < 4.78 is 10.6. The summed E-state index contributed by atoms with van der Waals surface area (Å²) in [6.45, 7) is 1.03. The second kappa shape index (κ2) is 12.1. The summed E-state index contributed by atoms with van der Waals surface area (Å²) in [5.41, 5.74) is 1.88. The second-order valence-electron chi connectivity index (χ2n) is 7.35. The van der Waals surface area contributed by atoms with Crippen LogP contribution < -0.4 is 5.32 Å². The maximum absolute atomic E-state index is 13.3. The van der Waals surface area contributed by atoms with Crippen molar-refractivity contribution in [2.24, 2.45) is 0 Å². The highest BCUT2D eigenvalue weighted by atomic mass is 16.5. The Bertz CT molecular complexity index is 1080. The van der Waals surface area contributed by atoms with E-state index in [9.17, 15) is 9.59 Å². The molecule has 0 fully saturated rings. The number of hydrogen-bond acceptors (Lipinski definition) is 5. The number of urea groups is 1. The van der Waals surface area contributed by atoms with Gasteiger partial charge in [-0.25, -0.2) is 4.79 Å². The van der Waals surface area contributed by atoms with E-state index in [0.29, 0.717) is 23.6 Å². The summed E-state index contributed by atoms with van der Waals surface area (Å²) in [6, 6.07) is 21.4. The summed E-state index contributed by atoms with van der Waals surface area (Å²) in [7, 11) is 1.53. The predicted molar refractivity (Wildman–Crippen MR) is 123 cm³/mol. The molecule has 170 valence electrons. The van der Waals surface area contributed by atoms with E-state index < -0.39 is 6.03 Å². The molecule has 0 aliphatic rings. The molecule has 8 nitrogen and oxygen atoms in total. The van der Waals surface area contributed by atoms with Gasteiger partial charge in [-0.2, -0.15) is 5.26 Å². The fourth-order valence-electron chi connectivity index (χ4n) is 3.21. The van der Waals surface area contributed by atoms with Crippen molar-refractivity contribution in [3.63, 3.8) is 0 Å². The predicted octanol–water partition coefficient (Wildman–Crippen LogP) is 3.86. The Labute approximate surface area is 193 Å². The van der Waals surface area contributed by atoms with Crippen LogP contribution in [0.4, 0.5) is 10.5 Å². The quantitative estimate of drug-likeness (QED) is 0.510. The maximum Gasteiger partial charge on any atom is 0.322 e. The number of rotatable bonds is 10. The van der Waals surface area contributed by atoms with Crippen molar-refractivity contribution in [3.8, 4) is 6.07 Å². The van der Waals surface area contributed by atoms with Crippen LogP contribution in [0.1, 0.15) is 16.9 Å². The Morgan fingerprint density at radius 1 is 1.03 bits per heavy atom. The molecule has 1 heterocycles. The fraction of sp³-hybridized carbons (Fsp3) is 0.240. The first-order valence-corrected chi connectivity index (χ1v) is 10.5. The molecule has 3 aromatic rings. The van der Waals surface area contributed by atoms with Crippen LogP contribution in [0.5, 0.6) is 0 Å². The highest BCUT2D eigenvalue weighted by molar-refractivity contribution is 5.92. The number of anilines is 1. The number of hydrogen-bond donors (Lipinski definition) is 1. The lowest BCUT2D eigenvalue weighted by molar-refractivity contribution is -0.133. The minimum absolute atomic E-state index is 0.138. The van der Waals surface area contributed by atoms with E-state index in [0.717, 1.165) is 5.56 Å². The normalized spacial score (nSPS) is 10.3. The number of nitrogens with one attached hydrogen (secondary N) is 1. The van der Waals surface area contributed by atoms with Gasteiger partial charge in [0.2, 0.25) is 5.91 Å². The number of amides is 3. The first kappa shape index (κ1) is 23.6. The number of methoxy groups -OCH3 is 1. The maximum atomic E-state index is 13.3. The molecule has 1 aromatic heterocycles. The lowest BCUT2D eigenvalue weighted by Gasteiger charge is -2.27. The highest BCUT2D eigenvalue weighted by Gasteiger charge is 2.22. The van der Waals surface area contributed by atoms with Gasteiger partial charge in [-0.1, -0.05) is 36.4 Å². The van der Waals surface area contributed by atoms with Crippen molar-refractivity contribution in [3.05, 3.63) is 89.9 Å². The van der Waals surface area contributed by atoms with E-state index in [4.69, 9.17) is 14.4 Å². The smallest absolute Gasteiger partial charge is 0.322 e. The van der Waals surface area contributed by atoms with E-state index in [1.807, 2.05) is 42.5 Å². The molecule has 0 saturated heterocycles. The van der Waals surface area contributed by atoms with E-state index >= 15 is 0 Å². The topological polar surface area (TPSA) is 98.8 Å². The average molecular weight is 447 g/mol. The van der Waals surface area contributed by atoms with Gasteiger partial charge >= 0.3 is 6.03 Å². The van der Waals surface area contributed by atoms with Crippen molar-refractivity contribution >= 4 is 17.6 Å². The fourth-order valence-corrected chi connectivity index (χ4v) is 3.21. The van der Waals surface area contributed by atoms with Crippen molar-refractivity contribution < 1.29 is 18.7 Å². The van der Waals surface area contributed by atoms with Crippen LogP contribution in [0.15, 0.2) is 77.4 Å². The van der Waals surface area contributed by atoms with Crippen LogP contribution in [0.25, 0.3) is 0 Å². The first-order valence-electron chi connectivity index (χ1n) is 10.5. The zero-order valence-corrected chi connectivity index (χ0v) is 18.4. The summed E-state index contributed by atoms with van der Waals surface area (Å²) in [6.07, 6.45) is 1.56. The summed E-state index contributed by atoms with van der Waals surface area (Å²) >= 11 is 0. The average Bonchev–Trinajstić information content (AvgIpc) is 3.35. The van der Waals surface area contributed by atoms with Gasteiger partial charge in [0.25, 0.3) is 0 Å². The van der Waals surface area contributed by atoms with E-state index in [1.54, 1.807) is 41.5 Å². The SMILES string of the molecule is COCCN(CC(=O)N(Cc1ccccc1)Cc1ccco1)C(=O)Nc1cccc(C#N)c1. The van der Waals surface area contributed by atoms with E-state index in [2.05, 4.69) is 5.32 Å². The summed E-state index contributed by atoms with van der Waals surface area (Å²) in [5, 5.41) is 11.8. The van der Waals surface area contributed by atoms with Crippen LogP contribution in [-0.2, 0) is 22.6 Å². The number of ether oxygens (including phenoxy) is 1. The molecule has 0 aliphatic heterocycles. The molecule has 0 radical (unpaired) electrons. The molecule has 2 aromatic carbocycles. The largest absolute Gasteiger partial charge is 0.467 e. The molecule has 0 aliphatic carbocycles. The van der Waals surface area contributed by atoms with Crippen molar-refractivity contribution in [2.45, 2.75) is 13.1 Å². The van der Waals surface area contributed by atoms with Crippen molar-refractivity contribution in [1.29, 1.82) is 5.26 Å². The van der Waals surface area contributed by atoms with Gasteiger partial charge in [0.05, 0.1) is 31.0 Å². The molecular formula is C25H26N4O4. The monoisotopic (exact) mass is 446 g/mol. The molecule has 0 bridgehead atoms. The molecular weight excluding hydrogens is 420 g/mol. The standard InChI is InChI=1S/C25H26N4O4/c1-32-14-12-28(25(31)27-22-10-5-9-21(15-22)16-26)19-24(30)29(18-23-11-6-13-33-23)17-20-7-3-2-4-8-20/h2-11,13,15H,12,14,17-19H2,1H3,(H,27,31). The van der Waals surface area contributed by atoms with Gasteiger partial charge in [-0.05, 0) is 35.9 Å². The van der Waals surface area contributed by atoms with Crippen LogP contribution >= 0.6 is 0 Å². The Kier molecular flexibility index (Phi) is 8.63. The zero-order chi connectivity index (χ0) is 23.5. The third kappa shape index (κ3) is 7.23.